The zero-order chi connectivity index (χ0) is 35.3. The molecule has 1 aromatic carbocycles. The Hall–Kier alpha value is -2.74. The van der Waals surface area contributed by atoms with Crippen LogP contribution >= 0.6 is 11.3 Å². The summed E-state index contributed by atoms with van der Waals surface area (Å²) in [7, 11) is 0. The number of aliphatic hydroxyl groups is 1. The largest absolute Gasteiger partial charge is 0.393 e. The Labute approximate surface area is 296 Å². The fourth-order valence-corrected chi connectivity index (χ4v) is 8.50. The van der Waals surface area contributed by atoms with Gasteiger partial charge in [-0.05, 0) is 48.6 Å². The molecule has 49 heavy (non-hydrogen) atoms. The van der Waals surface area contributed by atoms with E-state index < -0.39 is 23.5 Å². The van der Waals surface area contributed by atoms with Crippen LogP contribution in [-0.4, -0.2) is 119 Å². The quantitative estimate of drug-likeness (QED) is 0.249. The van der Waals surface area contributed by atoms with Crippen molar-refractivity contribution in [3.8, 4) is 10.4 Å². The minimum absolute atomic E-state index is 0.0350. The third kappa shape index (κ3) is 9.74. The van der Waals surface area contributed by atoms with Gasteiger partial charge in [-0.3, -0.25) is 29.1 Å². The van der Waals surface area contributed by atoms with Crippen molar-refractivity contribution in [3.05, 3.63) is 41.0 Å². The first-order valence-electron chi connectivity index (χ1n) is 18.0. The number of ketones is 1. The van der Waals surface area contributed by atoms with E-state index in [0.717, 1.165) is 67.5 Å². The summed E-state index contributed by atoms with van der Waals surface area (Å²) in [5.41, 5.74) is 10.1. The highest BCUT2D eigenvalue weighted by Crippen LogP contribution is 2.37. The van der Waals surface area contributed by atoms with E-state index in [1.54, 1.807) is 11.3 Å². The molecule has 2 saturated heterocycles. The van der Waals surface area contributed by atoms with Gasteiger partial charge in [0.25, 0.3) is 0 Å². The Balaban J connectivity index is 1.11. The summed E-state index contributed by atoms with van der Waals surface area (Å²) >= 11 is 1.61. The number of piperazine rings is 1. The van der Waals surface area contributed by atoms with Gasteiger partial charge in [-0.25, -0.2) is 4.98 Å². The number of carbonyl (C=O) groups excluding carboxylic acids is 3. The minimum atomic E-state index is -0.664. The standard InChI is InChI=1S/C37H57N7O4S/c1-24(28-16-29(18-31(45)17-28)36(48)39-19-26-6-8-27(9-7-26)34-25(2)40-23-49-34)33(47)35(37(3,4)5)41-32(46)22-42-12-14-44(15-13-42)30-20-43(21-30)11-10-38/h6-9,23-24,28-31,35,45H,10-22,38H2,1-5H3,(H,39,48)(H,41,46)/t24?,28?,29-,31-,35+/m0/s1. The summed E-state index contributed by atoms with van der Waals surface area (Å²) < 4.78 is 0. The highest BCUT2D eigenvalue weighted by Gasteiger charge is 2.42. The molecule has 5 rings (SSSR count). The highest BCUT2D eigenvalue weighted by molar-refractivity contribution is 7.13. The number of hydrogen-bond donors (Lipinski definition) is 4. The Morgan fingerprint density at radius 2 is 1.73 bits per heavy atom. The number of nitrogens with one attached hydrogen (secondary N) is 2. The van der Waals surface area contributed by atoms with E-state index in [-0.39, 0.29) is 36.0 Å². The Morgan fingerprint density at radius 1 is 1.04 bits per heavy atom. The molecule has 2 unspecified atom stereocenters. The van der Waals surface area contributed by atoms with Crippen molar-refractivity contribution in [3.63, 3.8) is 0 Å². The topological polar surface area (TPSA) is 144 Å². The Morgan fingerprint density at radius 3 is 2.35 bits per heavy atom. The number of benzene rings is 1. The van der Waals surface area contributed by atoms with Gasteiger partial charge in [-0.2, -0.15) is 0 Å². The molecule has 0 radical (unpaired) electrons. The summed E-state index contributed by atoms with van der Waals surface area (Å²) in [6, 6.07) is 8.04. The molecule has 2 amide bonds. The normalized spacial score (nSPS) is 24.2. The van der Waals surface area contributed by atoms with Crippen LogP contribution in [0.1, 0.15) is 58.2 Å². The third-order valence-electron chi connectivity index (χ3n) is 10.8. The number of likely N-dealkylation sites (tertiary alicyclic amines) is 1. The van der Waals surface area contributed by atoms with Gasteiger partial charge in [0, 0.05) is 76.8 Å². The minimum Gasteiger partial charge on any atom is -0.393 e. The van der Waals surface area contributed by atoms with E-state index in [9.17, 15) is 19.5 Å². The van der Waals surface area contributed by atoms with E-state index in [1.165, 1.54) is 0 Å². The van der Waals surface area contributed by atoms with Crippen LogP contribution in [-0.2, 0) is 20.9 Å². The summed E-state index contributed by atoms with van der Waals surface area (Å²) in [5.74, 6) is -1.22. The molecule has 1 aromatic heterocycles. The number of Topliss-reactive ketones (excluding diaryl/α,β-unsaturated/α-hetero) is 1. The number of nitrogens with two attached hydrogens (primary N) is 1. The highest BCUT2D eigenvalue weighted by atomic mass is 32.1. The number of aryl methyl sites for hydroxylation is 1. The lowest BCUT2D eigenvalue weighted by Crippen LogP contribution is -2.64. The van der Waals surface area contributed by atoms with Crippen LogP contribution in [0.5, 0.6) is 0 Å². The lowest BCUT2D eigenvalue weighted by molar-refractivity contribution is -0.136. The van der Waals surface area contributed by atoms with Crippen LogP contribution in [0, 0.1) is 30.1 Å². The molecule has 0 spiro atoms. The molecular weight excluding hydrogens is 639 g/mol. The van der Waals surface area contributed by atoms with Crippen molar-refractivity contribution in [1.82, 2.24) is 30.3 Å². The second-order valence-electron chi connectivity index (χ2n) is 15.6. The zero-order valence-electron chi connectivity index (χ0n) is 30.0. The lowest BCUT2D eigenvalue weighted by atomic mass is 9.70. The van der Waals surface area contributed by atoms with Gasteiger partial charge in [0.2, 0.25) is 11.8 Å². The van der Waals surface area contributed by atoms with Crippen LogP contribution < -0.4 is 16.4 Å². The Kier molecular flexibility index (Phi) is 12.6. The second kappa shape index (κ2) is 16.5. The maximum atomic E-state index is 14.0. The SMILES string of the molecule is Cc1ncsc1-c1ccc(CNC(=O)[C@H]2CC(C(C)C(=O)[C@@H](NC(=O)CN3CCN(C4CN(CCN)C4)CC3)C(C)(C)C)C[C@H](O)C2)cc1. The predicted molar refractivity (Wildman–Crippen MR) is 194 cm³/mol. The molecule has 3 aliphatic rings. The monoisotopic (exact) mass is 695 g/mol. The molecule has 1 saturated carbocycles. The maximum absolute atomic E-state index is 14.0. The predicted octanol–water partition coefficient (Wildman–Crippen LogP) is 2.51. The zero-order valence-corrected chi connectivity index (χ0v) is 30.8. The first-order valence-corrected chi connectivity index (χ1v) is 18.9. The summed E-state index contributed by atoms with van der Waals surface area (Å²) in [4.78, 5) is 53.2. The number of nitrogens with zero attached hydrogens (tertiary/aromatic N) is 4. The van der Waals surface area contributed by atoms with Gasteiger partial charge in [0.1, 0.15) is 0 Å². The number of aromatic nitrogens is 1. The van der Waals surface area contributed by atoms with Crippen LogP contribution in [0.4, 0.5) is 0 Å². The number of carbonyl (C=O) groups is 3. The number of amides is 2. The van der Waals surface area contributed by atoms with Crippen molar-refractivity contribution < 1.29 is 19.5 Å². The fourth-order valence-electron chi connectivity index (χ4n) is 7.69. The molecule has 3 heterocycles. The lowest BCUT2D eigenvalue weighted by Gasteiger charge is -2.48. The van der Waals surface area contributed by atoms with Gasteiger partial charge in [-0.1, -0.05) is 52.0 Å². The number of aliphatic hydroxyl groups excluding tert-OH is 1. The van der Waals surface area contributed by atoms with Crippen LogP contribution in [0.15, 0.2) is 29.8 Å². The molecule has 3 fully saturated rings. The third-order valence-corrected chi connectivity index (χ3v) is 11.8. The average molecular weight is 696 g/mol. The number of thiazole rings is 1. The van der Waals surface area contributed by atoms with Gasteiger partial charge in [0.15, 0.2) is 5.78 Å². The average Bonchev–Trinajstić information content (AvgIpc) is 3.48. The van der Waals surface area contributed by atoms with E-state index >= 15 is 0 Å². The number of rotatable bonds is 13. The fraction of sp³-hybridized carbons (Fsp3) is 0.676. The summed E-state index contributed by atoms with van der Waals surface area (Å²) in [6.07, 6.45) is 0.720. The van der Waals surface area contributed by atoms with E-state index in [1.807, 2.05) is 64.4 Å². The second-order valence-corrected chi connectivity index (χ2v) is 16.4. The van der Waals surface area contributed by atoms with Crippen molar-refractivity contribution >= 4 is 28.9 Å². The Bertz CT molecular complexity index is 1410. The van der Waals surface area contributed by atoms with Gasteiger partial charge in [-0.15, -0.1) is 11.3 Å². The molecule has 11 nitrogen and oxygen atoms in total. The first kappa shape index (κ1) is 37.5. The smallest absolute Gasteiger partial charge is 0.234 e. The van der Waals surface area contributed by atoms with Crippen LogP contribution in [0.2, 0.25) is 0 Å². The molecule has 5 atom stereocenters. The van der Waals surface area contributed by atoms with Crippen molar-refractivity contribution in [2.45, 2.75) is 78.6 Å². The van der Waals surface area contributed by atoms with Crippen molar-refractivity contribution in [1.29, 1.82) is 0 Å². The molecule has 12 heteroatoms. The van der Waals surface area contributed by atoms with Gasteiger partial charge < -0.3 is 21.5 Å². The van der Waals surface area contributed by atoms with Gasteiger partial charge >= 0.3 is 0 Å². The van der Waals surface area contributed by atoms with Crippen molar-refractivity contribution in [2.75, 3.05) is 58.9 Å². The summed E-state index contributed by atoms with van der Waals surface area (Å²) in [6.45, 7) is 17.8. The van der Waals surface area contributed by atoms with E-state index in [0.29, 0.717) is 38.4 Å². The van der Waals surface area contributed by atoms with E-state index in [2.05, 4.69) is 30.3 Å². The molecule has 0 bridgehead atoms. The van der Waals surface area contributed by atoms with Crippen LogP contribution in [0.25, 0.3) is 10.4 Å². The molecule has 270 valence electrons. The van der Waals surface area contributed by atoms with E-state index in [4.69, 9.17) is 5.73 Å². The van der Waals surface area contributed by atoms with Crippen molar-refractivity contribution in [2.24, 2.45) is 28.9 Å². The van der Waals surface area contributed by atoms with Gasteiger partial charge in [0.05, 0.1) is 34.8 Å². The molecule has 2 aromatic rings. The van der Waals surface area contributed by atoms with Crippen LogP contribution in [0.3, 0.4) is 0 Å². The maximum Gasteiger partial charge on any atom is 0.234 e. The molecular formula is C37H57N7O4S. The molecule has 1 aliphatic carbocycles. The molecule has 5 N–H and O–H groups in total. The molecule has 2 aliphatic heterocycles. The first-order chi connectivity index (χ1) is 23.3. The summed E-state index contributed by atoms with van der Waals surface area (Å²) in [5, 5.41) is 17.0. The number of hydrogen-bond acceptors (Lipinski definition) is 10.